The third-order valence-corrected chi connectivity index (χ3v) is 6.33. The fraction of sp³-hybridized carbons (Fsp3) is 0.261. The molecule has 4 aromatic rings. The topological polar surface area (TPSA) is 90.5 Å². The zero-order valence-corrected chi connectivity index (χ0v) is 19.6. The molecule has 164 valence electrons. The van der Waals surface area contributed by atoms with Crippen LogP contribution in [0, 0.1) is 34.6 Å². The van der Waals surface area contributed by atoms with Crippen LogP contribution in [0.2, 0.25) is 0 Å². The lowest BCUT2D eigenvalue weighted by atomic mass is 10.1. The van der Waals surface area contributed by atoms with Gasteiger partial charge in [0, 0.05) is 0 Å². The molecule has 2 aromatic heterocycles. The van der Waals surface area contributed by atoms with Crippen molar-refractivity contribution in [3.05, 3.63) is 70.5 Å². The van der Waals surface area contributed by atoms with Crippen molar-refractivity contribution in [3.63, 3.8) is 0 Å². The molecule has 8 nitrogen and oxygen atoms in total. The van der Waals surface area contributed by atoms with Crippen LogP contribution in [0.1, 0.15) is 28.1 Å². The summed E-state index contributed by atoms with van der Waals surface area (Å²) in [5, 5.41) is 20.2. The Kier molecular flexibility index (Phi) is 6.09. The highest BCUT2D eigenvalue weighted by atomic mass is 32.2. The Hall–Kier alpha value is -3.46. The van der Waals surface area contributed by atoms with Gasteiger partial charge >= 0.3 is 0 Å². The minimum atomic E-state index is -0.139. The molecule has 9 heteroatoms. The van der Waals surface area contributed by atoms with Crippen molar-refractivity contribution in [2.75, 3.05) is 11.1 Å². The average molecular weight is 448 g/mol. The van der Waals surface area contributed by atoms with Crippen molar-refractivity contribution >= 4 is 23.4 Å². The first kappa shape index (κ1) is 21.8. The summed E-state index contributed by atoms with van der Waals surface area (Å²) >= 11 is 1.29. The molecule has 0 atom stereocenters. The Morgan fingerprint density at radius 2 is 1.75 bits per heavy atom. The van der Waals surface area contributed by atoms with Crippen LogP contribution in [0.25, 0.3) is 11.4 Å². The molecule has 1 N–H and O–H groups in total. The highest BCUT2D eigenvalue weighted by Gasteiger charge is 2.17. The van der Waals surface area contributed by atoms with Crippen LogP contribution in [-0.4, -0.2) is 41.6 Å². The molecule has 0 unspecified atom stereocenters. The third kappa shape index (κ3) is 4.29. The van der Waals surface area contributed by atoms with E-state index in [0.29, 0.717) is 5.16 Å². The fourth-order valence-electron chi connectivity index (χ4n) is 3.45. The molecule has 0 radical (unpaired) electrons. The zero-order chi connectivity index (χ0) is 22.8. The van der Waals surface area contributed by atoms with E-state index in [1.165, 1.54) is 17.3 Å². The highest BCUT2D eigenvalue weighted by molar-refractivity contribution is 7.99. The van der Waals surface area contributed by atoms with Crippen LogP contribution in [0.4, 0.5) is 5.69 Å². The van der Waals surface area contributed by atoms with Crippen molar-refractivity contribution in [3.8, 4) is 11.4 Å². The summed E-state index contributed by atoms with van der Waals surface area (Å²) in [6.07, 6.45) is 0. The van der Waals surface area contributed by atoms with E-state index < -0.39 is 0 Å². The predicted molar refractivity (Wildman–Crippen MR) is 126 cm³/mol. The Morgan fingerprint density at radius 3 is 2.50 bits per heavy atom. The van der Waals surface area contributed by atoms with Gasteiger partial charge < -0.3 is 5.32 Å². The van der Waals surface area contributed by atoms with Crippen LogP contribution < -0.4 is 5.32 Å². The van der Waals surface area contributed by atoms with Crippen molar-refractivity contribution in [2.45, 2.75) is 39.8 Å². The van der Waals surface area contributed by atoms with Crippen molar-refractivity contribution in [2.24, 2.45) is 0 Å². The smallest absolute Gasteiger partial charge is 0.234 e. The number of carbonyl (C=O) groups excluding carboxylic acids is 1. The molecule has 4 rings (SSSR count). The molecule has 0 saturated heterocycles. The van der Waals surface area contributed by atoms with Crippen molar-refractivity contribution < 1.29 is 4.79 Å². The lowest BCUT2D eigenvalue weighted by Gasteiger charge is -2.10. The van der Waals surface area contributed by atoms with Gasteiger partial charge in [0.1, 0.15) is 0 Å². The largest absolute Gasteiger partial charge is 0.322 e. The first-order valence-electron chi connectivity index (χ1n) is 10.3. The molecule has 0 bridgehead atoms. The molecule has 32 heavy (non-hydrogen) atoms. The molecule has 2 heterocycles. The number of nitrogens with one attached hydrogen (secondary N) is 1. The van der Waals surface area contributed by atoms with Crippen LogP contribution in [0.5, 0.6) is 0 Å². The lowest BCUT2D eigenvalue weighted by Crippen LogP contribution is -2.16. The summed E-state index contributed by atoms with van der Waals surface area (Å²) in [4.78, 5) is 12.7. The number of aromatic nitrogens is 6. The van der Waals surface area contributed by atoms with Gasteiger partial charge in [0.25, 0.3) is 0 Å². The molecular formula is C23H25N7OS. The first-order valence-corrected chi connectivity index (χ1v) is 11.2. The van der Waals surface area contributed by atoms with E-state index in [2.05, 4.69) is 25.9 Å². The number of aryl methyl sites for hydroxylation is 3. The number of hydrogen-bond donors (Lipinski definition) is 1. The van der Waals surface area contributed by atoms with Gasteiger partial charge in [0.05, 0.1) is 34.2 Å². The maximum atomic E-state index is 12.7. The maximum Gasteiger partial charge on any atom is 0.234 e. The summed E-state index contributed by atoms with van der Waals surface area (Å²) in [5.74, 6) is 0.0417. The fourth-order valence-corrected chi connectivity index (χ4v) is 4.14. The van der Waals surface area contributed by atoms with Gasteiger partial charge in [-0.25, -0.2) is 4.68 Å². The van der Waals surface area contributed by atoms with Gasteiger partial charge in [-0.15, -0.1) is 5.10 Å². The normalized spacial score (nSPS) is 11.0. The maximum absolute atomic E-state index is 12.7. The Balaban J connectivity index is 1.48. The number of nitrogens with zero attached hydrogens (tertiary/aromatic N) is 6. The molecule has 0 spiro atoms. The molecule has 0 saturated carbocycles. The lowest BCUT2D eigenvalue weighted by molar-refractivity contribution is -0.113. The Morgan fingerprint density at radius 1 is 1.00 bits per heavy atom. The minimum Gasteiger partial charge on any atom is -0.322 e. The number of rotatable bonds is 6. The van der Waals surface area contributed by atoms with E-state index in [4.69, 9.17) is 0 Å². The monoisotopic (exact) mass is 447 g/mol. The number of amides is 1. The second-order valence-electron chi connectivity index (χ2n) is 7.72. The van der Waals surface area contributed by atoms with Gasteiger partial charge in [-0.05, 0) is 74.4 Å². The van der Waals surface area contributed by atoms with Gasteiger partial charge in [-0.1, -0.05) is 41.6 Å². The van der Waals surface area contributed by atoms with Gasteiger partial charge in [0.2, 0.25) is 11.1 Å². The van der Waals surface area contributed by atoms with Gasteiger partial charge in [-0.3, -0.25) is 4.79 Å². The van der Waals surface area contributed by atoms with Crippen LogP contribution in [0.3, 0.4) is 0 Å². The number of thioether (sulfide) groups is 1. The summed E-state index contributed by atoms with van der Waals surface area (Å²) in [6, 6.07) is 14.1. The number of anilines is 1. The van der Waals surface area contributed by atoms with Crippen LogP contribution in [-0.2, 0) is 4.79 Å². The Labute approximate surface area is 191 Å². The molecule has 0 aliphatic heterocycles. The summed E-state index contributed by atoms with van der Waals surface area (Å²) in [5.41, 5.74) is 7.67. The minimum absolute atomic E-state index is 0.139. The standard InChI is InChI=1S/C23H25N7OS/c1-14-9-11-19(12-10-14)29-18(5)22(17(4)26-29)24-21(31)13-32-23-25-27-28-30(23)20-8-6-7-15(2)16(20)3/h6-12H,13H2,1-5H3,(H,24,31). The quantitative estimate of drug-likeness (QED) is 0.447. The second kappa shape index (κ2) is 8.96. The Bertz CT molecular complexity index is 1270. The average Bonchev–Trinajstić information content (AvgIpc) is 3.35. The zero-order valence-electron chi connectivity index (χ0n) is 18.7. The number of hydrogen-bond acceptors (Lipinski definition) is 6. The molecule has 1 amide bonds. The van der Waals surface area contributed by atoms with Crippen molar-refractivity contribution in [1.29, 1.82) is 0 Å². The van der Waals surface area contributed by atoms with Crippen LogP contribution >= 0.6 is 11.8 Å². The molecule has 0 aliphatic rings. The van der Waals surface area contributed by atoms with Crippen LogP contribution in [0.15, 0.2) is 47.6 Å². The van der Waals surface area contributed by atoms with E-state index >= 15 is 0 Å². The van der Waals surface area contributed by atoms with E-state index in [9.17, 15) is 4.79 Å². The van der Waals surface area contributed by atoms with E-state index in [1.54, 1.807) is 4.68 Å². The molecule has 0 aliphatic carbocycles. The second-order valence-corrected chi connectivity index (χ2v) is 8.66. The first-order chi connectivity index (χ1) is 15.3. The number of benzene rings is 2. The SMILES string of the molecule is Cc1ccc(-n2nc(C)c(NC(=O)CSc3nnnn3-c3cccc(C)c3C)c2C)cc1. The molecular weight excluding hydrogens is 422 g/mol. The molecule has 2 aromatic carbocycles. The van der Waals surface area contributed by atoms with E-state index in [-0.39, 0.29) is 11.7 Å². The third-order valence-electron chi connectivity index (χ3n) is 5.41. The number of carbonyl (C=O) groups is 1. The predicted octanol–water partition coefficient (Wildman–Crippen LogP) is 4.12. The van der Waals surface area contributed by atoms with E-state index in [0.717, 1.165) is 39.6 Å². The van der Waals surface area contributed by atoms with Gasteiger partial charge in [-0.2, -0.15) is 9.78 Å². The van der Waals surface area contributed by atoms with E-state index in [1.807, 2.05) is 81.8 Å². The summed E-state index contributed by atoms with van der Waals surface area (Å²) < 4.78 is 3.52. The molecule has 0 fully saturated rings. The van der Waals surface area contributed by atoms with Crippen molar-refractivity contribution in [1.82, 2.24) is 30.0 Å². The summed E-state index contributed by atoms with van der Waals surface area (Å²) in [7, 11) is 0. The number of tetrazole rings is 1. The van der Waals surface area contributed by atoms with Gasteiger partial charge in [0.15, 0.2) is 0 Å². The summed E-state index contributed by atoms with van der Waals surface area (Å²) in [6.45, 7) is 9.96. The highest BCUT2D eigenvalue weighted by Crippen LogP contribution is 2.25.